The van der Waals surface area contributed by atoms with Crippen molar-refractivity contribution in [3.8, 4) is 0 Å². The number of hydrogen-bond acceptors (Lipinski definition) is 6. The molecule has 0 aliphatic carbocycles. The Morgan fingerprint density at radius 3 is 2.59 bits per heavy atom. The average Bonchev–Trinajstić information content (AvgIpc) is 2.95. The molecular formula is C19H14ClN3O5S. The van der Waals surface area contributed by atoms with E-state index in [9.17, 15) is 24.5 Å². The standard InChI is InChI=1S/C19H14ClN3O5S/c20-13-6-2-1-5-12(13)11-16-18(25)22(19(26)29-16)10-9-17(24)21-14-7-3-4-8-15(14)23(27)28/h1-8,11H,9-10H2,(H,21,24)/b16-11-. The molecule has 1 aliphatic rings. The number of rotatable bonds is 6. The molecule has 0 bridgehead atoms. The lowest BCUT2D eigenvalue weighted by Crippen LogP contribution is -2.31. The van der Waals surface area contributed by atoms with Crippen LogP contribution in [-0.2, 0) is 9.59 Å². The molecule has 8 nitrogen and oxygen atoms in total. The fourth-order valence-corrected chi connectivity index (χ4v) is 3.64. The smallest absolute Gasteiger partial charge is 0.293 e. The number of nitrogens with zero attached hydrogens (tertiary/aromatic N) is 2. The highest BCUT2D eigenvalue weighted by atomic mass is 35.5. The molecule has 0 unspecified atom stereocenters. The van der Waals surface area contributed by atoms with E-state index in [1.165, 1.54) is 24.3 Å². The Bertz CT molecular complexity index is 1040. The van der Waals surface area contributed by atoms with Crippen LogP contribution >= 0.6 is 23.4 Å². The van der Waals surface area contributed by atoms with Crippen LogP contribution in [-0.4, -0.2) is 33.4 Å². The van der Waals surface area contributed by atoms with Crippen molar-refractivity contribution in [3.05, 3.63) is 74.1 Å². The van der Waals surface area contributed by atoms with Crippen LogP contribution in [0.2, 0.25) is 5.02 Å². The minimum atomic E-state index is -0.606. The van der Waals surface area contributed by atoms with Crippen molar-refractivity contribution in [2.45, 2.75) is 6.42 Å². The first-order valence-corrected chi connectivity index (χ1v) is 9.59. The molecule has 2 aromatic rings. The van der Waals surface area contributed by atoms with Crippen LogP contribution in [0.4, 0.5) is 16.2 Å². The third-order valence-electron chi connectivity index (χ3n) is 4.00. The van der Waals surface area contributed by atoms with Crippen LogP contribution in [0.5, 0.6) is 0 Å². The van der Waals surface area contributed by atoms with Crippen molar-refractivity contribution in [1.82, 2.24) is 4.90 Å². The molecule has 2 aromatic carbocycles. The highest BCUT2D eigenvalue weighted by Crippen LogP contribution is 2.33. The van der Waals surface area contributed by atoms with Crippen LogP contribution in [0.1, 0.15) is 12.0 Å². The third-order valence-corrected chi connectivity index (χ3v) is 5.25. The number of para-hydroxylation sites is 2. The van der Waals surface area contributed by atoms with Crippen LogP contribution in [0.15, 0.2) is 53.4 Å². The van der Waals surface area contributed by atoms with Gasteiger partial charge in [-0.15, -0.1) is 0 Å². The summed E-state index contributed by atoms with van der Waals surface area (Å²) in [5.74, 6) is -1.06. The fourth-order valence-electron chi connectivity index (χ4n) is 2.59. The molecule has 1 N–H and O–H groups in total. The molecule has 0 atom stereocenters. The van der Waals surface area contributed by atoms with Gasteiger partial charge < -0.3 is 5.32 Å². The number of halogens is 1. The molecule has 10 heteroatoms. The molecule has 1 aliphatic heterocycles. The molecule has 1 heterocycles. The zero-order valence-corrected chi connectivity index (χ0v) is 16.4. The van der Waals surface area contributed by atoms with Crippen molar-refractivity contribution < 1.29 is 19.3 Å². The Morgan fingerprint density at radius 1 is 1.17 bits per heavy atom. The Labute approximate surface area is 174 Å². The minimum absolute atomic E-state index is 0.0512. The summed E-state index contributed by atoms with van der Waals surface area (Å²) in [6.45, 7) is -0.142. The molecular weight excluding hydrogens is 418 g/mol. The third kappa shape index (κ3) is 4.82. The molecule has 0 spiro atoms. The maximum atomic E-state index is 12.5. The summed E-state index contributed by atoms with van der Waals surface area (Å²) in [4.78, 5) is 48.4. The second-order valence-electron chi connectivity index (χ2n) is 5.93. The van der Waals surface area contributed by atoms with Gasteiger partial charge in [0.05, 0.1) is 9.83 Å². The van der Waals surface area contributed by atoms with Crippen molar-refractivity contribution in [1.29, 1.82) is 0 Å². The number of anilines is 1. The number of thioether (sulfide) groups is 1. The van der Waals surface area contributed by atoms with Gasteiger partial charge in [-0.25, -0.2) is 0 Å². The molecule has 29 heavy (non-hydrogen) atoms. The van der Waals surface area contributed by atoms with Crippen molar-refractivity contribution in [2.75, 3.05) is 11.9 Å². The van der Waals surface area contributed by atoms with Gasteiger partial charge in [-0.1, -0.05) is 41.9 Å². The molecule has 1 fully saturated rings. The monoisotopic (exact) mass is 431 g/mol. The van der Waals surface area contributed by atoms with Gasteiger partial charge in [-0.2, -0.15) is 0 Å². The average molecular weight is 432 g/mol. The Balaban J connectivity index is 1.65. The maximum Gasteiger partial charge on any atom is 0.293 e. The number of nitro benzene ring substituents is 1. The van der Waals surface area contributed by atoms with Crippen LogP contribution in [0.25, 0.3) is 6.08 Å². The van der Waals surface area contributed by atoms with E-state index in [0.717, 1.165) is 16.7 Å². The number of carbonyl (C=O) groups excluding carboxylic acids is 3. The SMILES string of the molecule is O=C(CCN1C(=O)S/C(=C\c2ccccc2Cl)C1=O)Nc1ccccc1[N+](=O)[O-]. The number of nitrogens with one attached hydrogen (secondary N) is 1. The first kappa shape index (κ1) is 20.6. The van der Waals surface area contributed by atoms with Crippen LogP contribution in [0.3, 0.4) is 0 Å². The van der Waals surface area contributed by atoms with Crippen LogP contribution in [0, 0.1) is 10.1 Å². The number of amides is 3. The Kier molecular flexibility index (Phi) is 6.30. The lowest BCUT2D eigenvalue weighted by atomic mass is 10.2. The zero-order chi connectivity index (χ0) is 21.0. The summed E-state index contributed by atoms with van der Waals surface area (Å²) in [5.41, 5.74) is 0.416. The van der Waals surface area contributed by atoms with E-state index in [0.29, 0.717) is 10.6 Å². The topological polar surface area (TPSA) is 110 Å². The molecule has 3 rings (SSSR count). The highest BCUT2D eigenvalue weighted by molar-refractivity contribution is 8.18. The van der Waals surface area contributed by atoms with Crippen molar-refractivity contribution >= 4 is 57.9 Å². The molecule has 0 radical (unpaired) electrons. The van der Waals surface area contributed by atoms with E-state index in [4.69, 9.17) is 11.6 Å². The van der Waals surface area contributed by atoms with Crippen molar-refractivity contribution in [3.63, 3.8) is 0 Å². The number of hydrogen-bond donors (Lipinski definition) is 1. The van der Waals surface area contributed by atoms with Gasteiger partial charge in [0.2, 0.25) is 5.91 Å². The summed E-state index contributed by atoms with van der Waals surface area (Å²) in [7, 11) is 0. The van der Waals surface area contributed by atoms with E-state index >= 15 is 0 Å². The quantitative estimate of drug-likeness (QED) is 0.414. The normalized spacial score (nSPS) is 15.1. The number of carbonyl (C=O) groups is 3. The minimum Gasteiger partial charge on any atom is -0.320 e. The first-order valence-electron chi connectivity index (χ1n) is 8.40. The van der Waals surface area contributed by atoms with E-state index < -0.39 is 22.0 Å². The van der Waals surface area contributed by atoms with Gasteiger partial charge in [0.1, 0.15) is 5.69 Å². The summed E-state index contributed by atoms with van der Waals surface area (Å²) in [6.07, 6.45) is 1.34. The predicted octanol–water partition coefficient (Wildman–Crippen LogP) is 4.31. The highest BCUT2D eigenvalue weighted by Gasteiger charge is 2.35. The molecule has 0 aromatic heterocycles. The van der Waals surface area contributed by atoms with E-state index in [-0.39, 0.29) is 29.2 Å². The molecule has 0 saturated carbocycles. The zero-order valence-electron chi connectivity index (χ0n) is 14.8. The summed E-state index contributed by atoms with van der Waals surface area (Å²) >= 11 is 6.84. The van der Waals surface area contributed by atoms with Gasteiger partial charge in [0, 0.05) is 24.1 Å². The molecule has 1 saturated heterocycles. The molecule has 3 amide bonds. The number of benzene rings is 2. The molecule has 148 valence electrons. The van der Waals surface area contributed by atoms with Gasteiger partial charge >= 0.3 is 0 Å². The second-order valence-corrected chi connectivity index (χ2v) is 7.33. The van der Waals surface area contributed by atoms with Crippen molar-refractivity contribution in [2.24, 2.45) is 0 Å². The van der Waals surface area contributed by atoms with E-state index in [1.807, 2.05) is 0 Å². The second kappa shape index (κ2) is 8.89. The van der Waals surface area contributed by atoms with Gasteiger partial charge in [-0.3, -0.25) is 29.4 Å². The predicted molar refractivity (Wildman–Crippen MR) is 110 cm³/mol. The number of imide groups is 1. The fraction of sp³-hybridized carbons (Fsp3) is 0.105. The summed E-state index contributed by atoms with van der Waals surface area (Å²) in [5, 5.41) is 13.4. The van der Waals surface area contributed by atoms with Crippen LogP contribution < -0.4 is 5.32 Å². The number of nitro groups is 1. The first-order chi connectivity index (χ1) is 13.9. The Morgan fingerprint density at radius 2 is 1.86 bits per heavy atom. The maximum absolute atomic E-state index is 12.5. The summed E-state index contributed by atoms with van der Waals surface area (Å²) < 4.78 is 0. The lowest BCUT2D eigenvalue weighted by molar-refractivity contribution is -0.383. The van der Waals surface area contributed by atoms with Gasteiger partial charge in [-0.05, 0) is 35.5 Å². The largest absolute Gasteiger partial charge is 0.320 e. The van der Waals surface area contributed by atoms with E-state index in [2.05, 4.69) is 5.32 Å². The summed E-state index contributed by atoms with van der Waals surface area (Å²) in [6, 6.07) is 12.6. The lowest BCUT2D eigenvalue weighted by Gasteiger charge is -2.12. The Hall–Kier alpha value is -3.17. The van der Waals surface area contributed by atoms with Gasteiger partial charge in [0.25, 0.3) is 16.8 Å². The van der Waals surface area contributed by atoms with Gasteiger partial charge in [0.15, 0.2) is 0 Å². The van der Waals surface area contributed by atoms with E-state index in [1.54, 1.807) is 30.3 Å².